The number of carboxylic acid groups (broad SMARTS) is 1. The predicted octanol–water partition coefficient (Wildman–Crippen LogP) is 2.79. The van der Waals surface area contributed by atoms with E-state index < -0.39 is 24.0 Å². The number of carbonyl (C=O) groups is 1. The van der Waals surface area contributed by atoms with Crippen molar-refractivity contribution in [1.29, 1.82) is 0 Å². The number of rotatable bonds is 2. The highest BCUT2D eigenvalue weighted by Crippen LogP contribution is 2.39. The van der Waals surface area contributed by atoms with E-state index in [-0.39, 0.29) is 0 Å². The highest BCUT2D eigenvalue weighted by Gasteiger charge is 2.38. The van der Waals surface area contributed by atoms with Gasteiger partial charge in [0.25, 0.3) is 0 Å². The predicted molar refractivity (Wildman–Crippen MR) is 68.3 cm³/mol. The Morgan fingerprint density at radius 1 is 1.00 bits per heavy atom. The molecule has 20 heavy (non-hydrogen) atoms. The topological polar surface area (TPSA) is 55.8 Å². The van der Waals surface area contributed by atoms with Gasteiger partial charge in [-0.25, -0.2) is 9.18 Å². The van der Waals surface area contributed by atoms with Gasteiger partial charge in [-0.05, 0) is 29.8 Å². The molecule has 0 saturated carbocycles. The fourth-order valence-corrected chi connectivity index (χ4v) is 2.12. The number of hydrogen-bond acceptors (Lipinski definition) is 3. The zero-order valence-corrected chi connectivity index (χ0v) is 10.3. The third kappa shape index (κ3) is 2.18. The molecule has 0 saturated heterocycles. The largest absolute Gasteiger partial charge is 0.478 e. The molecular weight excluding hydrogens is 263 g/mol. The maximum absolute atomic E-state index is 13.0. The van der Waals surface area contributed by atoms with Gasteiger partial charge < -0.3 is 14.6 Å². The first kappa shape index (κ1) is 12.5. The first-order chi connectivity index (χ1) is 9.65. The van der Waals surface area contributed by atoms with Gasteiger partial charge in [0.15, 0.2) is 17.6 Å². The Balaban J connectivity index is 2.00. The van der Waals surface area contributed by atoms with Crippen LogP contribution in [0.2, 0.25) is 0 Å². The molecule has 1 heterocycles. The summed E-state index contributed by atoms with van der Waals surface area (Å²) in [5.74, 6) is -0.663. The van der Waals surface area contributed by atoms with E-state index in [0.717, 1.165) is 0 Å². The quantitative estimate of drug-likeness (QED) is 0.914. The minimum atomic E-state index is -1.17. The summed E-state index contributed by atoms with van der Waals surface area (Å²) in [5, 5.41) is 9.27. The summed E-state index contributed by atoms with van der Waals surface area (Å²) >= 11 is 0. The molecule has 1 N–H and O–H groups in total. The Bertz CT molecular complexity index is 639. The molecule has 2 atom stereocenters. The molecule has 102 valence electrons. The molecule has 2 aromatic rings. The summed E-state index contributed by atoms with van der Waals surface area (Å²) in [6, 6.07) is 12.4. The molecule has 3 rings (SSSR count). The van der Waals surface area contributed by atoms with Crippen molar-refractivity contribution in [1.82, 2.24) is 0 Å². The van der Waals surface area contributed by atoms with Crippen LogP contribution >= 0.6 is 0 Å². The Hall–Kier alpha value is -2.56. The van der Waals surface area contributed by atoms with Gasteiger partial charge in [0.1, 0.15) is 5.82 Å². The van der Waals surface area contributed by atoms with Gasteiger partial charge in [0.2, 0.25) is 6.10 Å². The normalized spacial score (nSPS) is 20.4. The lowest BCUT2D eigenvalue weighted by Gasteiger charge is -2.31. The molecule has 1 aliphatic rings. The third-order valence-corrected chi connectivity index (χ3v) is 3.07. The third-order valence-electron chi connectivity index (χ3n) is 3.07. The highest BCUT2D eigenvalue weighted by atomic mass is 19.1. The highest BCUT2D eigenvalue weighted by molar-refractivity contribution is 5.74. The minimum Gasteiger partial charge on any atom is -0.478 e. The number of para-hydroxylation sites is 2. The molecule has 0 spiro atoms. The average molecular weight is 274 g/mol. The Kier molecular flexibility index (Phi) is 3.02. The molecule has 0 aromatic heterocycles. The van der Waals surface area contributed by atoms with Crippen molar-refractivity contribution in [2.45, 2.75) is 12.2 Å². The molecule has 0 fully saturated rings. The first-order valence-electron chi connectivity index (χ1n) is 6.06. The van der Waals surface area contributed by atoms with Crippen molar-refractivity contribution < 1.29 is 23.8 Å². The molecular formula is C15H11FO4. The van der Waals surface area contributed by atoms with Crippen LogP contribution in [0.1, 0.15) is 11.7 Å². The van der Waals surface area contributed by atoms with E-state index in [9.17, 15) is 14.3 Å². The SMILES string of the molecule is O=C(O)C1Oc2ccccc2OC1c1ccc(F)cc1. The Morgan fingerprint density at radius 3 is 2.20 bits per heavy atom. The van der Waals surface area contributed by atoms with E-state index in [1.54, 1.807) is 24.3 Å². The molecule has 1 aliphatic heterocycles. The maximum Gasteiger partial charge on any atom is 0.349 e. The summed E-state index contributed by atoms with van der Waals surface area (Å²) in [6.07, 6.45) is -1.99. The summed E-state index contributed by atoms with van der Waals surface area (Å²) in [4.78, 5) is 11.3. The van der Waals surface area contributed by atoms with Crippen LogP contribution < -0.4 is 9.47 Å². The second-order valence-electron chi connectivity index (χ2n) is 4.41. The maximum atomic E-state index is 13.0. The van der Waals surface area contributed by atoms with Crippen molar-refractivity contribution >= 4 is 5.97 Å². The zero-order chi connectivity index (χ0) is 14.1. The van der Waals surface area contributed by atoms with Crippen molar-refractivity contribution in [2.24, 2.45) is 0 Å². The second-order valence-corrected chi connectivity index (χ2v) is 4.41. The lowest BCUT2D eigenvalue weighted by atomic mass is 10.0. The monoisotopic (exact) mass is 274 g/mol. The van der Waals surface area contributed by atoms with Crippen molar-refractivity contribution in [3.63, 3.8) is 0 Å². The summed E-state index contributed by atoms with van der Waals surface area (Å²) in [7, 11) is 0. The molecule has 2 unspecified atom stereocenters. The van der Waals surface area contributed by atoms with E-state index in [1.165, 1.54) is 24.3 Å². The molecule has 4 nitrogen and oxygen atoms in total. The van der Waals surface area contributed by atoms with Crippen LogP contribution in [0.3, 0.4) is 0 Å². The summed E-state index contributed by atoms with van der Waals surface area (Å²) in [6.45, 7) is 0. The molecule has 0 radical (unpaired) electrons. The lowest BCUT2D eigenvalue weighted by Crippen LogP contribution is -2.39. The van der Waals surface area contributed by atoms with Gasteiger partial charge in [0.05, 0.1) is 0 Å². The van der Waals surface area contributed by atoms with Crippen molar-refractivity contribution in [3.8, 4) is 11.5 Å². The van der Waals surface area contributed by atoms with Crippen LogP contribution in [0, 0.1) is 5.82 Å². The van der Waals surface area contributed by atoms with Crippen molar-refractivity contribution in [3.05, 3.63) is 59.9 Å². The van der Waals surface area contributed by atoms with Gasteiger partial charge in [-0.3, -0.25) is 0 Å². The molecule has 0 amide bonds. The van der Waals surface area contributed by atoms with Gasteiger partial charge in [0, 0.05) is 0 Å². The molecule has 0 aliphatic carbocycles. The zero-order valence-electron chi connectivity index (χ0n) is 10.3. The van der Waals surface area contributed by atoms with Gasteiger partial charge >= 0.3 is 5.97 Å². The smallest absolute Gasteiger partial charge is 0.349 e. The van der Waals surface area contributed by atoms with E-state index in [0.29, 0.717) is 17.1 Å². The van der Waals surface area contributed by atoms with Crippen LogP contribution in [-0.2, 0) is 4.79 Å². The van der Waals surface area contributed by atoms with Crippen LogP contribution in [0.25, 0.3) is 0 Å². The molecule has 2 aromatic carbocycles. The van der Waals surface area contributed by atoms with Crippen LogP contribution in [0.4, 0.5) is 4.39 Å². The molecule has 0 bridgehead atoms. The number of hydrogen-bond donors (Lipinski definition) is 1. The van der Waals surface area contributed by atoms with E-state index >= 15 is 0 Å². The fraction of sp³-hybridized carbons (Fsp3) is 0.133. The second kappa shape index (κ2) is 4.85. The number of halogens is 1. The number of carboxylic acids is 1. The summed E-state index contributed by atoms with van der Waals surface area (Å²) in [5.41, 5.74) is 0.549. The van der Waals surface area contributed by atoms with Gasteiger partial charge in [-0.1, -0.05) is 24.3 Å². The van der Waals surface area contributed by atoms with Crippen molar-refractivity contribution in [2.75, 3.05) is 0 Å². The number of benzene rings is 2. The van der Waals surface area contributed by atoms with E-state index in [4.69, 9.17) is 9.47 Å². The van der Waals surface area contributed by atoms with E-state index in [2.05, 4.69) is 0 Å². The van der Waals surface area contributed by atoms with Crippen LogP contribution in [0.5, 0.6) is 11.5 Å². The number of fused-ring (bicyclic) bond motifs is 1. The van der Waals surface area contributed by atoms with Crippen LogP contribution in [-0.4, -0.2) is 17.2 Å². The fourth-order valence-electron chi connectivity index (χ4n) is 2.12. The van der Waals surface area contributed by atoms with Gasteiger partial charge in [-0.2, -0.15) is 0 Å². The average Bonchev–Trinajstić information content (AvgIpc) is 2.46. The Morgan fingerprint density at radius 2 is 1.60 bits per heavy atom. The number of ether oxygens (including phenoxy) is 2. The van der Waals surface area contributed by atoms with Gasteiger partial charge in [-0.15, -0.1) is 0 Å². The van der Waals surface area contributed by atoms with E-state index in [1.807, 2.05) is 0 Å². The standard InChI is InChI=1S/C15H11FO4/c16-10-7-5-9(6-8-10)13-14(15(17)18)20-12-4-2-1-3-11(12)19-13/h1-8,13-14H,(H,17,18). The summed E-state index contributed by atoms with van der Waals surface area (Å²) < 4.78 is 24.1. The van der Waals surface area contributed by atoms with Crippen LogP contribution in [0.15, 0.2) is 48.5 Å². The first-order valence-corrected chi connectivity index (χ1v) is 6.06. The molecule has 5 heteroatoms. The minimum absolute atomic E-state index is 0.387. The lowest BCUT2D eigenvalue weighted by molar-refractivity contribution is -0.151. The Labute approximate surface area is 114 Å². The number of aliphatic carboxylic acids is 1.